The van der Waals surface area contributed by atoms with Crippen LogP contribution in [0.15, 0.2) is 6.07 Å². The van der Waals surface area contributed by atoms with Crippen LogP contribution in [-0.2, 0) is 13.0 Å². The highest BCUT2D eigenvalue weighted by Crippen LogP contribution is 2.13. The van der Waals surface area contributed by atoms with Crippen molar-refractivity contribution in [1.82, 2.24) is 9.78 Å². The number of fused-ring (bicyclic) bond motifs is 1. The number of nitrogens with zero attached hydrogens (tertiary/aromatic N) is 2. The molecule has 2 nitrogen and oxygen atoms in total. The molecule has 62 valence electrons. The molecule has 2 heterocycles. The summed E-state index contributed by atoms with van der Waals surface area (Å²) in [6.45, 7) is 7.18. The van der Waals surface area contributed by atoms with Crippen LogP contribution < -0.4 is 0 Å². The van der Waals surface area contributed by atoms with Crippen molar-refractivity contribution in [2.45, 2.75) is 40.2 Å². The molecule has 0 spiro atoms. The SMILES string of the molecule is CC.Cc1cc2n(n1)CCC2. The van der Waals surface area contributed by atoms with Gasteiger partial charge in [0.1, 0.15) is 0 Å². The average molecular weight is 152 g/mol. The Bertz CT molecular complexity index is 204. The van der Waals surface area contributed by atoms with Gasteiger partial charge in [0, 0.05) is 12.2 Å². The normalized spacial score (nSPS) is 13.7. The molecule has 0 unspecified atom stereocenters. The molecular formula is C9H16N2. The van der Waals surface area contributed by atoms with Crippen LogP contribution in [0.4, 0.5) is 0 Å². The lowest BCUT2D eigenvalue weighted by Crippen LogP contribution is -1.93. The summed E-state index contributed by atoms with van der Waals surface area (Å²) >= 11 is 0. The van der Waals surface area contributed by atoms with Crippen molar-refractivity contribution < 1.29 is 0 Å². The molecular weight excluding hydrogens is 136 g/mol. The summed E-state index contributed by atoms with van der Waals surface area (Å²) in [7, 11) is 0. The fourth-order valence-electron chi connectivity index (χ4n) is 1.40. The zero-order valence-corrected chi connectivity index (χ0v) is 7.59. The van der Waals surface area contributed by atoms with E-state index in [-0.39, 0.29) is 0 Å². The van der Waals surface area contributed by atoms with Gasteiger partial charge in [-0.15, -0.1) is 0 Å². The number of hydrogen-bond donors (Lipinski definition) is 0. The standard InChI is InChI=1S/C7H10N2.C2H6/c1-6-5-7-3-2-4-9(7)8-6;1-2/h5H,2-4H2,1H3;1-2H3. The molecule has 0 atom stereocenters. The Morgan fingerprint density at radius 2 is 2.18 bits per heavy atom. The van der Waals surface area contributed by atoms with E-state index in [0.717, 1.165) is 12.2 Å². The summed E-state index contributed by atoms with van der Waals surface area (Å²) < 4.78 is 2.11. The molecule has 0 saturated carbocycles. The van der Waals surface area contributed by atoms with Crippen LogP contribution in [0.1, 0.15) is 31.7 Å². The van der Waals surface area contributed by atoms with Crippen LogP contribution in [0.3, 0.4) is 0 Å². The maximum atomic E-state index is 4.31. The quantitative estimate of drug-likeness (QED) is 0.557. The smallest absolute Gasteiger partial charge is 0.0596 e. The fourth-order valence-corrected chi connectivity index (χ4v) is 1.40. The van der Waals surface area contributed by atoms with Gasteiger partial charge in [-0.3, -0.25) is 4.68 Å². The number of aromatic nitrogens is 2. The van der Waals surface area contributed by atoms with Gasteiger partial charge in [0.2, 0.25) is 0 Å². The summed E-state index contributed by atoms with van der Waals surface area (Å²) in [6.07, 6.45) is 2.50. The summed E-state index contributed by atoms with van der Waals surface area (Å²) in [5.74, 6) is 0. The van der Waals surface area contributed by atoms with E-state index in [2.05, 4.69) is 15.8 Å². The van der Waals surface area contributed by atoms with Crippen LogP contribution in [0.25, 0.3) is 0 Å². The molecule has 0 amide bonds. The molecule has 0 aliphatic carbocycles. The van der Waals surface area contributed by atoms with Gasteiger partial charge in [-0.1, -0.05) is 13.8 Å². The molecule has 2 heteroatoms. The summed E-state index contributed by atoms with van der Waals surface area (Å²) in [5, 5.41) is 4.31. The Morgan fingerprint density at radius 3 is 2.82 bits per heavy atom. The minimum absolute atomic E-state index is 1.13. The van der Waals surface area contributed by atoms with Crippen molar-refractivity contribution in [1.29, 1.82) is 0 Å². The summed E-state index contributed by atoms with van der Waals surface area (Å²) in [6, 6.07) is 2.17. The van der Waals surface area contributed by atoms with Crippen molar-refractivity contribution in [3.05, 3.63) is 17.5 Å². The van der Waals surface area contributed by atoms with Crippen molar-refractivity contribution in [2.75, 3.05) is 0 Å². The second kappa shape index (κ2) is 3.56. The lowest BCUT2D eigenvalue weighted by atomic mass is 10.3. The van der Waals surface area contributed by atoms with Crippen molar-refractivity contribution in [3.8, 4) is 0 Å². The Balaban J connectivity index is 0.000000281. The van der Waals surface area contributed by atoms with Gasteiger partial charge in [-0.25, -0.2) is 0 Å². The van der Waals surface area contributed by atoms with Gasteiger partial charge in [-0.05, 0) is 25.8 Å². The largest absolute Gasteiger partial charge is 0.269 e. The van der Waals surface area contributed by atoms with E-state index in [1.165, 1.54) is 18.5 Å². The van der Waals surface area contributed by atoms with Gasteiger partial charge >= 0.3 is 0 Å². The summed E-state index contributed by atoms with van der Waals surface area (Å²) in [4.78, 5) is 0. The lowest BCUT2D eigenvalue weighted by molar-refractivity contribution is 0.650. The van der Waals surface area contributed by atoms with Crippen LogP contribution in [0, 0.1) is 6.92 Å². The minimum Gasteiger partial charge on any atom is -0.269 e. The third kappa shape index (κ3) is 1.62. The number of aryl methyl sites for hydroxylation is 3. The maximum absolute atomic E-state index is 4.31. The highest BCUT2D eigenvalue weighted by atomic mass is 15.3. The lowest BCUT2D eigenvalue weighted by Gasteiger charge is -1.88. The number of rotatable bonds is 0. The third-order valence-electron chi connectivity index (χ3n) is 1.79. The first-order chi connectivity index (χ1) is 5.36. The van der Waals surface area contributed by atoms with Gasteiger partial charge in [0.05, 0.1) is 5.69 Å². The topological polar surface area (TPSA) is 17.8 Å². The van der Waals surface area contributed by atoms with E-state index < -0.39 is 0 Å². The highest BCUT2D eigenvalue weighted by molar-refractivity contribution is 5.11. The second-order valence-corrected chi connectivity index (χ2v) is 2.60. The van der Waals surface area contributed by atoms with Crippen LogP contribution in [0.2, 0.25) is 0 Å². The average Bonchev–Trinajstić information content (AvgIpc) is 2.51. The van der Waals surface area contributed by atoms with E-state index in [0.29, 0.717) is 0 Å². The second-order valence-electron chi connectivity index (χ2n) is 2.60. The van der Waals surface area contributed by atoms with E-state index in [9.17, 15) is 0 Å². The Morgan fingerprint density at radius 1 is 1.45 bits per heavy atom. The first-order valence-corrected chi connectivity index (χ1v) is 4.39. The molecule has 0 fully saturated rings. The highest BCUT2D eigenvalue weighted by Gasteiger charge is 2.10. The molecule has 0 N–H and O–H groups in total. The minimum atomic E-state index is 1.13. The van der Waals surface area contributed by atoms with Crippen molar-refractivity contribution in [3.63, 3.8) is 0 Å². The molecule has 0 radical (unpaired) electrons. The van der Waals surface area contributed by atoms with E-state index in [1.807, 2.05) is 20.8 Å². The van der Waals surface area contributed by atoms with Crippen LogP contribution in [0.5, 0.6) is 0 Å². The van der Waals surface area contributed by atoms with Gasteiger partial charge in [0.25, 0.3) is 0 Å². The van der Waals surface area contributed by atoms with Gasteiger partial charge in [-0.2, -0.15) is 5.10 Å². The monoisotopic (exact) mass is 152 g/mol. The first kappa shape index (κ1) is 8.31. The van der Waals surface area contributed by atoms with Gasteiger partial charge < -0.3 is 0 Å². The molecule has 1 aromatic heterocycles. The van der Waals surface area contributed by atoms with Crippen molar-refractivity contribution >= 4 is 0 Å². The fraction of sp³-hybridized carbons (Fsp3) is 0.667. The maximum Gasteiger partial charge on any atom is 0.0596 e. The van der Waals surface area contributed by atoms with E-state index in [1.54, 1.807) is 0 Å². The predicted molar refractivity (Wildman–Crippen MR) is 46.6 cm³/mol. The van der Waals surface area contributed by atoms with Crippen LogP contribution >= 0.6 is 0 Å². The Labute approximate surface area is 68.2 Å². The number of hydrogen-bond acceptors (Lipinski definition) is 1. The molecule has 1 aromatic rings. The molecule has 0 saturated heterocycles. The molecule has 0 aromatic carbocycles. The van der Waals surface area contributed by atoms with E-state index >= 15 is 0 Å². The van der Waals surface area contributed by atoms with Crippen molar-refractivity contribution in [2.24, 2.45) is 0 Å². The zero-order valence-electron chi connectivity index (χ0n) is 7.59. The predicted octanol–water partition coefficient (Wildman–Crippen LogP) is 2.16. The molecule has 0 bridgehead atoms. The van der Waals surface area contributed by atoms with Crippen LogP contribution in [-0.4, -0.2) is 9.78 Å². The van der Waals surface area contributed by atoms with Gasteiger partial charge in [0.15, 0.2) is 0 Å². The zero-order chi connectivity index (χ0) is 8.27. The Kier molecular flexibility index (Phi) is 2.69. The molecule has 1 aliphatic heterocycles. The molecule has 2 rings (SSSR count). The summed E-state index contributed by atoms with van der Waals surface area (Å²) in [5.41, 5.74) is 2.57. The Hall–Kier alpha value is -0.790. The molecule has 1 aliphatic rings. The molecule has 11 heavy (non-hydrogen) atoms. The first-order valence-electron chi connectivity index (χ1n) is 4.39. The third-order valence-corrected chi connectivity index (χ3v) is 1.79. The van der Waals surface area contributed by atoms with E-state index in [4.69, 9.17) is 0 Å².